The predicted molar refractivity (Wildman–Crippen MR) is 123 cm³/mol. The van der Waals surface area contributed by atoms with Crippen LogP contribution in [-0.4, -0.2) is 48.2 Å². The van der Waals surface area contributed by atoms with E-state index in [4.69, 9.17) is 9.47 Å². The summed E-state index contributed by atoms with van der Waals surface area (Å²) in [5.74, 6) is -0.392. The van der Waals surface area contributed by atoms with Crippen LogP contribution in [0.15, 0.2) is 48.1 Å². The van der Waals surface area contributed by atoms with Gasteiger partial charge < -0.3 is 19.7 Å². The molecule has 5 heteroatoms. The second kappa shape index (κ2) is 11.6. The molecule has 0 radical (unpaired) electrons. The van der Waals surface area contributed by atoms with Crippen molar-refractivity contribution in [1.82, 2.24) is 0 Å². The maximum Gasteiger partial charge on any atom is 0.331 e. The molecular weight excluding hydrogens is 392 g/mol. The number of cyclic esters (lactones) is 1. The number of hydrogen-bond acceptors (Lipinski definition) is 5. The Bertz CT molecular complexity index is 776. The Kier molecular flexibility index (Phi) is 9.48. The molecule has 1 aromatic rings. The molecular formula is C26H38O5. The number of fused-ring (bicyclic) bond motifs is 2. The number of benzene rings is 1. The van der Waals surface area contributed by atoms with E-state index >= 15 is 0 Å². The molecule has 5 nitrogen and oxygen atoms in total. The summed E-state index contributed by atoms with van der Waals surface area (Å²) >= 11 is 0. The van der Waals surface area contributed by atoms with E-state index in [1.807, 2.05) is 58.0 Å². The standard InChI is InChI=1S/C26H38O5/c1-6-19(17-27)13-18(2)23-15-22(30-5)16-24(28)26(3,4)21-11-7-9-20(14-21)10-8-12-25(29)31-23/h7-9,11-14,19,22-24,27-28H,6,10,15-17H2,1-5H3/b12-8+,18-13-/t19-,22-,23?,24+/m1/s1. The van der Waals surface area contributed by atoms with E-state index in [9.17, 15) is 15.0 Å². The number of carbonyl (C=O) groups excluding carboxylic acids is 1. The third-order valence-corrected chi connectivity index (χ3v) is 6.43. The van der Waals surface area contributed by atoms with Gasteiger partial charge in [0, 0.05) is 44.0 Å². The van der Waals surface area contributed by atoms with Crippen LogP contribution in [0.2, 0.25) is 0 Å². The van der Waals surface area contributed by atoms with Gasteiger partial charge in [-0.1, -0.05) is 57.2 Å². The lowest BCUT2D eigenvalue weighted by molar-refractivity contribution is -0.143. The van der Waals surface area contributed by atoms with E-state index in [1.165, 1.54) is 6.08 Å². The fraction of sp³-hybridized carbons (Fsp3) is 0.577. The zero-order chi connectivity index (χ0) is 23.0. The second-order valence-electron chi connectivity index (χ2n) is 9.06. The highest BCUT2D eigenvalue weighted by molar-refractivity contribution is 5.82. The van der Waals surface area contributed by atoms with Gasteiger partial charge in [0.05, 0.1) is 12.2 Å². The minimum Gasteiger partial charge on any atom is -0.455 e. The number of methoxy groups -OCH3 is 1. The van der Waals surface area contributed by atoms with Gasteiger partial charge in [-0.15, -0.1) is 0 Å². The summed E-state index contributed by atoms with van der Waals surface area (Å²) in [6.45, 7) is 8.06. The van der Waals surface area contributed by atoms with Crippen LogP contribution in [0.5, 0.6) is 0 Å². The number of aliphatic hydroxyl groups is 2. The number of hydrogen-bond donors (Lipinski definition) is 2. The maximum absolute atomic E-state index is 12.5. The summed E-state index contributed by atoms with van der Waals surface area (Å²) in [6, 6.07) is 8.12. The number of ether oxygens (including phenoxy) is 2. The molecule has 2 rings (SSSR count). The summed E-state index contributed by atoms with van der Waals surface area (Å²) < 4.78 is 11.5. The molecule has 31 heavy (non-hydrogen) atoms. The highest BCUT2D eigenvalue weighted by Crippen LogP contribution is 2.32. The summed E-state index contributed by atoms with van der Waals surface area (Å²) in [5, 5.41) is 20.7. The molecule has 2 bridgehead atoms. The first-order valence-corrected chi connectivity index (χ1v) is 11.2. The van der Waals surface area contributed by atoms with Gasteiger partial charge in [-0.25, -0.2) is 4.79 Å². The minimum absolute atomic E-state index is 0.0119. The molecule has 4 atom stereocenters. The molecule has 2 N–H and O–H groups in total. The average molecular weight is 431 g/mol. The van der Waals surface area contributed by atoms with Crippen LogP contribution in [0.25, 0.3) is 0 Å². The average Bonchev–Trinajstić information content (AvgIpc) is 2.75. The highest BCUT2D eigenvalue weighted by Gasteiger charge is 2.33. The minimum atomic E-state index is -0.632. The van der Waals surface area contributed by atoms with Crippen molar-refractivity contribution < 1.29 is 24.5 Å². The molecule has 1 aromatic carbocycles. The fourth-order valence-electron chi connectivity index (χ4n) is 3.94. The first-order chi connectivity index (χ1) is 14.7. The van der Waals surface area contributed by atoms with Crippen molar-refractivity contribution in [3.8, 4) is 0 Å². The van der Waals surface area contributed by atoms with E-state index in [-0.39, 0.29) is 18.6 Å². The van der Waals surface area contributed by atoms with E-state index < -0.39 is 23.6 Å². The fourth-order valence-corrected chi connectivity index (χ4v) is 3.94. The van der Waals surface area contributed by atoms with Crippen molar-refractivity contribution in [2.45, 2.75) is 77.1 Å². The van der Waals surface area contributed by atoms with Gasteiger partial charge in [-0.05, 0) is 36.5 Å². The molecule has 0 saturated carbocycles. The van der Waals surface area contributed by atoms with Crippen molar-refractivity contribution in [1.29, 1.82) is 0 Å². The molecule has 0 amide bonds. The monoisotopic (exact) mass is 430 g/mol. The Morgan fingerprint density at radius 2 is 2.10 bits per heavy atom. The smallest absolute Gasteiger partial charge is 0.331 e. The number of allylic oxidation sites excluding steroid dienone is 1. The molecule has 0 saturated heterocycles. The Hall–Kier alpha value is -1.95. The van der Waals surface area contributed by atoms with E-state index in [0.717, 1.165) is 23.1 Å². The second-order valence-corrected chi connectivity index (χ2v) is 9.06. The van der Waals surface area contributed by atoms with Crippen molar-refractivity contribution >= 4 is 5.97 Å². The summed E-state index contributed by atoms with van der Waals surface area (Å²) in [7, 11) is 1.62. The first kappa shape index (κ1) is 25.3. The van der Waals surface area contributed by atoms with Crippen LogP contribution in [0, 0.1) is 5.92 Å². The molecule has 0 fully saturated rings. The topological polar surface area (TPSA) is 76.0 Å². The summed E-state index contributed by atoms with van der Waals surface area (Å²) in [6.07, 6.45) is 6.11. The van der Waals surface area contributed by atoms with Gasteiger partial charge in [0.2, 0.25) is 0 Å². The van der Waals surface area contributed by atoms with Crippen LogP contribution in [-0.2, 0) is 26.1 Å². The van der Waals surface area contributed by atoms with Gasteiger partial charge in [0.1, 0.15) is 6.10 Å². The Labute approximate surface area is 186 Å². The largest absolute Gasteiger partial charge is 0.455 e. The predicted octanol–water partition coefficient (Wildman–Crippen LogP) is 4.11. The van der Waals surface area contributed by atoms with Crippen LogP contribution < -0.4 is 0 Å². The van der Waals surface area contributed by atoms with E-state index in [0.29, 0.717) is 19.3 Å². The lowest BCUT2D eigenvalue weighted by atomic mass is 9.76. The van der Waals surface area contributed by atoms with Gasteiger partial charge in [-0.3, -0.25) is 0 Å². The van der Waals surface area contributed by atoms with Crippen molar-refractivity contribution in [2.75, 3.05) is 13.7 Å². The quantitative estimate of drug-likeness (QED) is 0.543. The Morgan fingerprint density at radius 3 is 2.74 bits per heavy atom. The van der Waals surface area contributed by atoms with Crippen molar-refractivity contribution in [3.05, 3.63) is 59.2 Å². The molecule has 1 heterocycles. The van der Waals surface area contributed by atoms with Gasteiger partial charge in [0.15, 0.2) is 0 Å². The van der Waals surface area contributed by atoms with Gasteiger partial charge in [0.25, 0.3) is 0 Å². The van der Waals surface area contributed by atoms with Gasteiger partial charge in [-0.2, -0.15) is 0 Å². The summed E-state index contributed by atoms with van der Waals surface area (Å²) in [5.41, 5.74) is 2.56. The number of carbonyl (C=O) groups is 1. The zero-order valence-electron chi connectivity index (χ0n) is 19.5. The third-order valence-electron chi connectivity index (χ3n) is 6.43. The summed E-state index contributed by atoms with van der Waals surface area (Å²) in [4.78, 5) is 12.5. The highest BCUT2D eigenvalue weighted by atomic mass is 16.5. The van der Waals surface area contributed by atoms with Crippen LogP contribution >= 0.6 is 0 Å². The first-order valence-electron chi connectivity index (χ1n) is 11.2. The maximum atomic E-state index is 12.5. The third kappa shape index (κ3) is 7.03. The molecule has 1 aliphatic rings. The zero-order valence-corrected chi connectivity index (χ0v) is 19.5. The lowest BCUT2D eigenvalue weighted by Gasteiger charge is -2.34. The number of rotatable bonds is 5. The molecule has 1 aliphatic heterocycles. The lowest BCUT2D eigenvalue weighted by Crippen LogP contribution is -2.38. The molecule has 1 unspecified atom stereocenters. The number of aliphatic hydroxyl groups excluding tert-OH is 2. The SMILES string of the molecule is CC[C@H](/C=C(/C)C1C[C@@H](OC)C[C@H](O)C(C)(C)c2cccc(c2)C/C=C/C(=O)O1)CO. The van der Waals surface area contributed by atoms with E-state index in [1.54, 1.807) is 7.11 Å². The normalized spacial score (nSPS) is 27.1. The van der Waals surface area contributed by atoms with Crippen LogP contribution in [0.4, 0.5) is 0 Å². The van der Waals surface area contributed by atoms with Crippen molar-refractivity contribution in [3.63, 3.8) is 0 Å². The van der Waals surface area contributed by atoms with Crippen LogP contribution in [0.1, 0.15) is 58.1 Å². The molecule has 172 valence electrons. The molecule has 0 aliphatic carbocycles. The molecule has 0 spiro atoms. The Morgan fingerprint density at radius 1 is 1.35 bits per heavy atom. The van der Waals surface area contributed by atoms with Gasteiger partial charge >= 0.3 is 5.97 Å². The Balaban J connectivity index is 2.40. The van der Waals surface area contributed by atoms with Crippen LogP contribution in [0.3, 0.4) is 0 Å². The van der Waals surface area contributed by atoms with Crippen molar-refractivity contribution in [2.24, 2.45) is 5.92 Å². The molecule has 0 aromatic heterocycles. The van der Waals surface area contributed by atoms with E-state index in [2.05, 4.69) is 6.07 Å². The number of esters is 1.